The number of carboxylic acids is 1. The molecule has 0 spiro atoms. The SMILES string of the molecule is O=C([O-])CC[Si]([O-])(O)O.O=P([O-])(O)CC[Si]([O-])(O)O.O=S(=O)(O)CC(O)COCCC[Si](O)(O)O.O=S(=O)(O)CCC[Si](O)(O)O.O=S(=O)([O-])CC(O)COCCC[Si]([O-])(O)O.O=S(=O)([O-])CCCC[O-].[Na+].[Na+].[Na+].[Na+].[Na+].[Na+].[Na+].[Na+]. The smallest absolute Gasteiger partial charge is 0.854 e. The van der Waals surface area contributed by atoms with Crippen molar-refractivity contribution in [2.45, 2.75) is 81.0 Å². The fourth-order valence-electron chi connectivity index (χ4n) is 3.25. The molecule has 0 heterocycles. The van der Waals surface area contributed by atoms with Crippen LogP contribution in [0.5, 0.6) is 0 Å². The zero-order chi connectivity index (χ0) is 58.0. The zero-order valence-corrected chi connectivity index (χ0v) is 70.0. The number of hydrogen-bond acceptors (Lipinski definition) is 34. The Morgan fingerprint density at radius 2 is 0.848 bits per heavy atom. The molecule has 17 N–H and O–H groups in total. The average Bonchev–Trinajstić information content (AvgIpc) is 3.06. The molecule has 0 fully saturated rings. The van der Waals surface area contributed by atoms with Crippen molar-refractivity contribution in [2.24, 2.45) is 0 Å². The van der Waals surface area contributed by atoms with Gasteiger partial charge in [0.15, 0.2) is 0 Å². The second-order valence-electron chi connectivity index (χ2n) is 14.0. The van der Waals surface area contributed by atoms with Crippen LogP contribution in [0.25, 0.3) is 0 Å². The molecule has 0 saturated heterocycles. The third kappa shape index (κ3) is 153. The Kier molecular flexibility index (Phi) is 94.0. The van der Waals surface area contributed by atoms with Crippen LogP contribution in [-0.4, -0.2) is 249 Å². The summed E-state index contributed by atoms with van der Waals surface area (Å²) < 4.78 is 137. The Bertz CT molecular complexity index is 1830. The number of hydrogen-bond donors (Lipinski definition) is 17. The molecule has 0 bridgehead atoms. The molecule has 436 valence electrons. The van der Waals surface area contributed by atoms with E-state index in [9.17, 15) is 81.6 Å². The first-order valence-corrected chi connectivity index (χ1v) is 37.2. The molecule has 0 aromatic heterocycles. The summed E-state index contributed by atoms with van der Waals surface area (Å²) >= 11 is 0. The molecule has 0 aliphatic rings. The van der Waals surface area contributed by atoms with Crippen LogP contribution in [-0.2, 0) is 59.3 Å². The summed E-state index contributed by atoms with van der Waals surface area (Å²) in [5.74, 6) is -4.16. The maximum absolute atomic E-state index is 10.4. The van der Waals surface area contributed by atoms with Gasteiger partial charge >= 0.3 is 254 Å². The fraction of sp³-hybridized carbons (Fsp3) is 0.958. The van der Waals surface area contributed by atoms with Crippen LogP contribution < -0.4 is 266 Å². The van der Waals surface area contributed by atoms with Crippen LogP contribution in [0.15, 0.2) is 0 Å². The van der Waals surface area contributed by atoms with Crippen LogP contribution >= 0.6 is 7.60 Å². The number of aliphatic carboxylic acids is 1. The van der Waals surface area contributed by atoms with E-state index in [1.807, 2.05) is 0 Å². The average molecular weight is 1430 g/mol. The van der Waals surface area contributed by atoms with Gasteiger partial charge < -0.3 is 130 Å². The quantitative estimate of drug-likeness (QED) is 0.0137. The predicted octanol–water partition coefficient (Wildman–Crippen LogP) is -39.7. The molecule has 0 radical (unpaired) electrons. The van der Waals surface area contributed by atoms with Crippen LogP contribution in [0.1, 0.15) is 38.5 Å². The van der Waals surface area contributed by atoms with E-state index < -0.39 is 158 Å². The van der Waals surface area contributed by atoms with E-state index in [4.69, 9.17) is 91.2 Å². The minimum absolute atomic E-state index is 0. The van der Waals surface area contributed by atoms with Crippen LogP contribution in [0.3, 0.4) is 0 Å². The third-order valence-electron chi connectivity index (χ3n) is 6.09. The molecule has 0 saturated carbocycles. The number of carboxylic acid groups (broad SMARTS) is 1. The van der Waals surface area contributed by atoms with Crippen molar-refractivity contribution < 1.29 is 409 Å². The second-order valence-corrected chi connectivity index (χ2v) is 31.8. The van der Waals surface area contributed by atoms with Crippen molar-refractivity contribution in [1.82, 2.24) is 0 Å². The number of aliphatic hydroxyl groups excluding tert-OH is 2. The van der Waals surface area contributed by atoms with Crippen LogP contribution in [0.4, 0.5) is 0 Å². The molecular weight excluding hydrogens is 1360 g/mol. The van der Waals surface area contributed by atoms with Crippen molar-refractivity contribution in [3.63, 3.8) is 0 Å². The molecular formula is C24H61Na8O37PS4Si5. The maximum Gasteiger partial charge on any atom is 1.00 e. The molecule has 3 atom stereocenters. The van der Waals surface area contributed by atoms with Crippen molar-refractivity contribution >= 4 is 98.1 Å². The van der Waals surface area contributed by atoms with E-state index in [-0.39, 0.29) is 320 Å². The minimum atomic E-state index is -4.55. The summed E-state index contributed by atoms with van der Waals surface area (Å²) in [5, 5.41) is 37.3. The third-order valence-corrected chi connectivity index (χ3v) is 15.3. The maximum atomic E-state index is 10.4. The number of carbonyl (C=O) groups excluding carboxylic acids is 1. The number of aliphatic hydroxyl groups is 2. The topological polar surface area (TPSA) is 718 Å². The fourth-order valence-corrected chi connectivity index (χ4v) is 10.4. The number of ether oxygens (including phenoxy) is 2. The Morgan fingerprint density at radius 3 is 1.09 bits per heavy atom. The normalized spacial score (nSPS) is 13.0. The van der Waals surface area contributed by atoms with Gasteiger partial charge in [0.2, 0.25) is 26.4 Å². The van der Waals surface area contributed by atoms with E-state index in [1.54, 1.807) is 0 Å². The number of carbonyl (C=O) groups is 1. The van der Waals surface area contributed by atoms with Gasteiger partial charge in [0.25, 0.3) is 20.2 Å². The molecule has 3 unspecified atom stereocenters. The summed E-state index contributed by atoms with van der Waals surface area (Å²) in [7, 11) is -42.8. The molecule has 55 heteroatoms. The van der Waals surface area contributed by atoms with E-state index in [1.165, 1.54) is 0 Å². The summed E-state index contributed by atoms with van der Waals surface area (Å²) in [5.41, 5.74) is 0. The second kappa shape index (κ2) is 61.7. The molecule has 79 heavy (non-hydrogen) atoms. The molecule has 0 rings (SSSR count). The predicted molar refractivity (Wildman–Crippen MR) is 227 cm³/mol. The monoisotopic (exact) mass is 1420 g/mol. The first kappa shape index (κ1) is 120. The standard InChI is InChI=1S/C6H16O8SSi.C6H15O8SSi.C4H9O4S.C3H10O6SSi.C3H7O5Si.C2H8O6PSi.8Na/c2*7-6(5-15(8,9)10)4-14-2-1-3-16(11,12)13;5-3-1-2-4-9(6,7)8;4-10(5,6)2-1-3-11(7,8)9;4-3(5)1-2-9(6,7)8;3-9(4,5)1-2-10(6,7)8;;;;;;;;/h6-7,11-13H,1-5H2,(H,8,9,10);6-7,11-12H,1-5H2,(H,8,9,10);1-4H2,(H,6,7,8);7-9H,1-3H2,(H,4,5,6);6-7H,1-2H2,(H,4,5);6-7H,1-2H2,(H2,3,4,5);;;;;;;;/q;2*-1;;2*-1;8*+1/p-4. The largest absolute Gasteiger partial charge is 1.00 e. The summed E-state index contributed by atoms with van der Waals surface area (Å²) in [6.45, 7) is -0.940. The van der Waals surface area contributed by atoms with E-state index in [0.29, 0.717) is 0 Å². The van der Waals surface area contributed by atoms with Gasteiger partial charge in [-0.15, -0.1) is 6.61 Å². The van der Waals surface area contributed by atoms with E-state index >= 15 is 0 Å². The van der Waals surface area contributed by atoms with Gasteiger partial charge in [0.05, 0.1) is 57.2 Å². The summed E-state index contributed by atoms with van der Waals surface area (Å²) in [4.78, 5) is 158. The molecule has 0 aliphatic carbocycles. The molecule has 0 aromatic rings. The number of rotatable bonds is 30. The van der Waals surface area contributed by atoms with Crippen molar-refractivity contribution in [1.29, 1.82) is 0 Å². The van der Waals surface area contributed by atoms with Gasteiger partial charge in [-0.25, -0.2) is 16.8 Å². The summed E-state index contributed by atoms with van der Waals surface area (Å²) in [6.07, 6.45) is -3.63. The van der Waals surface area contributed by atoms with Gasteiger partial charge in [0, 0.05) is 43.2 Å². The zero-order valence-electron chi connectivity index (χ0n) is 44.9. The first-order valence-electron chi connectivity index (χ1n) is 19.0. The van der Waals surface area contributed by atoms with Gasteiger partial charge in [-0.3, -0.25) is 9.11 Å². The molecule has 37 nitrogen and oxygen atoms in total. The van der Waals surface area contributed by atoms with Gasteiger partial charge in [-0.2, -0.15) is 16.8 Å². The van der Waals surface area contributed by atoms with E-state index in [2.05, 4.69) is 0 Å². The molecule has 0 aliphatic heterocycles. The van der Waals surface area contributed by atoms with Crippen LogP contribution in [0, 0.1) is 0 Å². The van der Waals surface area contributed by atoms with E-state index in [0.717, 1.165) is 0 Å². The Balaban J connectivity index is -0.0000000532. The Morgan fingerprint density at radius 1 is 0.506 bits per heavy atom. The van der Waals surface area contributed by atoms with Gasteiger partial charge in [-0.05, 0) is 50.2 Å². The van der Waals surface area contributed by atoms with Gasteiger partial charge in [-0.1, -0.05) is 6.42 Å². The Labute approximate surface area is 639 Å². The molecule has 0 aromatic carbocycles. The Hall–Kier alpha value is 7.54. The van der Waals surface area contributed by atoms with Crippen LogP contribution in [0.2, 0.25) is 30.2 Å². The summed E-state index contributed by atoms with van der Waals surface area (Å²) in [6, 6.07) is -2.31. The number of unbranched alkanes of at least 4 members (excludes halogenated alkanes) is 1. The van der Waals surface area contributed by atoms with Crippen molar-refractivity contribution in [2.75, 3.05) is 62.2 Å². The first-order chi connectivity index (χ1) is 31.1. The van der Waals surface area contributed by atoms with Crippen molar-refractivity contribution in [3.8, 4) is 0 Å². The minimum Gasteiger partial charge on any atom is -0.854 e. The van der Waals surface area contributed by atoms with Crippen molar-refractivity contribution in [3.05, 3.63) is 0 Å². The molecule has 0 amide bonds. The van der Waals surface area contributed by atoms with Gasteiger partial charge in [0.1, 0.15) is 13.3 Å².